The second-order valence-corrected chi connectivity index (χ2v) is 1.77. The molecule has 4 nitrogen and oxygen atoms in total. The van der Waals surface area contributed by atoms with Gasteiger partial charge in [0.05, 0.1) is 0 Å². The summed E-state index contributed by atoms with van der Waals surface area (Å²) in [5.74, 6) is 0.476. The van der Waals surface area contributed by atoms with Crippen molar-refractivity contribution in [3.8, 4) is 0 Å². The Morgan fingerprint density at radius 2 is 2.56 bits per heavy atom. The van der Waals surface area contributed by atoms with Crippen LogP contribution in [0.25, 0.3) is 0 Å². The third-order valence-corrected chi connectivity index (χ3v) is 1.13. The average molecular weight is 127 g/mol. The average Bonchev–Trinajstić information content (AvgIpc) is 2.18. The number of aromatic amines is 1. The van der Waals surface area contributed by atoms with Gasteiger partial charge in [-0.2, -0.15) is 5.10 Å². The van der Waals surface area contributed by atoms with Crippen molar-refractivity contribution in [2.75, 3.05) is 12.3 Å². The first-order valence-corrected chi connectivity index (χ1v) is 2.73. The molecule has 0 fully saturated rings. The van der Waals surface area contributed by atoms with Crippen LogP contribution in [-0.2, 0) is 6.42 Å². The van der Waals surface area contributed by atoms with Crippen LogP contribution in [0, 0.1) is 0 Å². The summed E-state index contributed by atoms with van der Waals surface area (Å²) in [5, 5.41) is 14.7. The third-order valence-electron chi connectivity index (χ3n) is 1.13. The Morgan fingerprint density at radius 3 is 3.00 bits per heavy atom. The SMILES string of the molecule is Nc1n[nH]cc1CCO. The van der Waals surface area contributed by atoms with Crippen LogP contribution in [0.1, 0.15) is 5.56 Å². The predicted molar refractivity (Wildman–Crippen MR) is 33.8 cm³/mol. The monoisotopic (exact) mass is 127 g/mol. The maximum atomic E-state index is 8.47. The minimum absolute atomic E-state index is 0.115. The van der Waals surface area contributed by atoms with Gasteiger partial charge in [-0.1, -0.05) is 0 Å². The van der Waals surface area contributed by atoms with Crippen molar-refractivity contribution in [3.05, 3.63) is 11.8 Å². The zero-order valence-corrected chi connectivity index (χ0v) is 4.96. The summed E-state index contributed by atoms with van der Waals surface area (Å²) in [6, 6.07) is 0. The number of nitrogens with zero attached hydrogens (tertiary/aromatic N) is 1. The summed E-state index contributed by atoms with van der Waals surface area (Å²) in [5.41, 5.74) is 6.25. The maximum absolute atomic E-state index is 8.47. The molecule has 9 heavy (non-hydrogen) atoms. The zero-order valence-electron chi connectivity index (χ0n) is 4.96. The molecule has 0 aromatic carbocycles. The molecule has 1 aromatic heterocycles. The Morgan fingerprint density at radius 1 is 1.78 bits per heavy atom. The highest BCUT2D eigenvalue weighted by Gasteiger charge is 1.97. The van der Waals surface area contributed by atoms with Crippen LogP contribution in [0.5, 0.6) is 0 Å². The number of nitrogen functional groups attached to an aromatic ring is 1. The zero-order chi connectivity index (χ0) is 6.69. The number of hydrogen-bond donors (Lipinski definition) is 3. The number of nitrogens with one attached hydrogen (secondary N) is 1. The van der Waals surface area contributed by atoms with Crippen LogP contribution in [-0.4, -0.2) is 21.9 Å². The second kappa shape index (κ2) is 2.50. The quantitative estimate of drug-likeness (QED) is 0.502. The molecule has 1 aromatic rings. The lowest BCUT2D eigenvalue weighted by Crippen LogP contribution is -1.94. The summed E-state index contributed by atoms with van der Waals surface area (Å²) in [6.45, 7) is 0.115. The third kappa shape index (κ3) is 1.20. The molecule has 4 N–H and O–H groups in total. The van der Waals surface area contributed by atoms with E-state index < -0.39 is 0 Å². The van der Waals surface area contributed by atoms with Crippen LogP contribution in [0.4, 0.5) is 5.82 Å². The Labute approximate surface area is 52.7 Å². The highest BCUT2D eigenvalue weighted by Crippen LogP contribution is 2.04. The fourth-order valence-corrected chi connectivity index (χ4v) is 0.646. The van der Waals surface area contributed by atoms with Gasteiger partial charge in [0.2, 0.25) is 0 Å². The molecular formula is C5H9N3O. The van der Waals surface area contributed by atoms with Crippen LogP contribution < -0.4 is 5.73 Å². The van der Waals surface area contributed by atoms with Crippen molar-refractivity contribution >= 4 is 5.82 Å². The Kier molecular flexibility index (Phi) is 1.69. The van der Waals surface area contributed by atoms with E-state index in [0.29, 0.717) is 12.2 Å². The molecule has 0 spiro atoms. The molecule has 0 aliphatic carbocycles. The fourth-order valence-electron chi connectivity index (χ4n) is 0.646. The van der Waals surface area contributed by atoms with Gasteiger partial charge in [-0.05, 0) is 0 Å². The predicted octanol–water partition coefficient (Wildman–Crippen LogP) is -0.473. The molecule has 0 unspecified atom stereocenters. The van der Waals surface area contributed by atoms with E-state index in [0.717, 1.165) is 5.56 Å². The van der Waals surface area contributed by atoms with Crippen molar-refractivity contribution in [1.29, 1.82) is 0 Å². The molecule has 0 saturated carbocycles. The number of anilines is 1. The number of aliphatic hydroxyl groups excluding tert-OH is 1. The van der Waals surface area contributed by atoms with E-state index in [2.05, 4.69) is 10.2 Å². The van der Waals surface area contributed by atoms with Crippen LogP contribution >= 0.6 is 0 Å². The maximum Gasteiger partial charge on any atom is 0.148 e. The molecule has 1 rings (SSSR count). The summed E-state index contributed by atoms with van der Waals surface area (Å²) in [7, 11) is 0. The van der Waals surface area contributed by atoms with Crippen molar-refractivity contribution in [1.82, 2.24) is 10.2 Å². The highest BCUT2D eigenvalue weighted by molar-refractivity contribution is 5.36. The molecule has 0 radical (unpaired) electrons. The first kappa shape index (κ1) is 6.10. The lowest BCUT2D eigenvalue weighted by Gasteiger charge is -1.90. The second-order valence-electron chi connectivity index (χ2n) is 1.77. The van der Waals surface area contributed by atoms with E-state index in [4.69, 9.17) is 10.8 Å². The number of rotatable bonds is 2. The normalized spacial score (nSPS) is 9.89. The molecule has 0 atom stereocenters. The van der Waals surface area contributed by atoms with Crippen molar-refractivity contribution in [3.63, 3.8) is 0 Å². The standard InChI is InChI=1S/C5H9N3O/c6-5-4(1-2-9)3-7-8-5/h3,9H,1-2H2,(H3,6,7,8). The van der Waals surface area contributed by atoms with E-state index in [1.165, 1.54) is 0 Å². The topological polar surface area (TPSA) is 74.9 Å². The molecule has 4 heteroatoms. The van der Waals surface area contributed by atoms with Gasteiger partial charge in [0, 0.05) is 24.8 Å². The van der Waals surface area contributed by atoms with Gasteiger partial charge in [0.1, 0.15) is 5.82 Å². The Hall–Kier alpha value is -1.03. The number of nitrogens with two attached hydrogens (primary N) is 1. The molecule has 0 aliphatic heterocycles. The summed E-state index contributed by atoms with van der Waals surface area (Å²) >= 11 is 0. The molecule has 50 valence electrons. The summed E-state index contributed by atoms with van der Waals surface area (Å²) in [4.78, 5) is 0. The van der Waals surface area contributed by atoms with Gasteiger partial charge < -0.3 is 10.8 Å². The number of aromatic nitrogens is 2. The molecule has 0 aliphatic rings. The lowest BCUT2D eigenvalue weighted by atomic mass is 10.2. The molecular weight excluding hydrogens is 118 g/mol. The van der Waals surface area contributed by atoms with E-state index in [-0.39, 0.29) is 6.61 Å². The van der Waals surface area contributed by atoms with Crippen molar-refractivity contribution in [2.45, 2.75) is 6.42 Å². The minimum Gasteiger partial charge on any atom is -0.396 e. The molecule has 0 amide bonds. The first-order chi connectivity index (χ1) is 4.34. The van der Waals surface area contributed by atoms with Gasteiger partial charge in [-0.25, -0.2) is 0 Å². The van der Waals surface area contributed by atoms with Crippen LogP contribution in [0.15, 0.2) is 6.20 Å². The van der Waals surface area contributed by atoms with Crippen molar-refractivity contribution < 1.29 is 5.11 Å². The van der Waals surface area contributed by atoms with Gasteiger partial charge >= 0.3 is 0 Å². The number of hydrogen-bond acceptors (Lipinski definition) is 3. The molecule has 1 heterocycles. The van der Waals surface area contributed by atoms with Gasteiger partial charge in [0.15, 0.2) is 0 Å². The summed E-state index contributed by atoms with van der Waals surface area (Å²) in [6.07, 6.45) is 2.26. The fraction of sp³-hybridized carbons (Fsp3) is 0.400. The van der Waals surface area contributed by atoms with Crippen molar-refractivity contribution in [2.24, 2.45) is 0 Å². The number of aliphatic hydroxyl groups is 1. The largest absolute Gasteiger partial charge is 0.396 e. The first-order valence-electron chi connectivity index (χ1n) is 2.73. The molecule has 0 bridgehead atoms. The van der Waals surface area contributed by atoms with Gasteiger partial charge in [-0.15, -0.1) is 0 Å². The van der Waals surface area contributed by atoms with E-state index in [9.17, 15) is 0 Å². The van der Waals surface area contributed by atoms with Crippen LogP contribution in [0.2, 0.25) is 0 Å². The van der Waals surface area contributed by atoms with Crippen LogP contribution in [0.3, 0.4) is 0 Å². The van der Waals surface area contributed by atoms with Gasteiger partial charge in [-0.3, -0.25) is 5.10 Å². The smallest absolute Gasteiger partial charge is 0.148 e. The minimum atomic E-state index is 0.115. The van der Waals surface area contributed by atoms with Gasteiger partial charge in [0.25, 0.3) is 0 Å². The Bertz CT molecular complexity index is 184. The van der Waals surface area contributed by atoms with E-state index in [1.807, 2.05) is 0 Å². The van der Waals surface area contributed by atoms with E-state index >= 15 is 0 Å². The molecule has 0 saturated heterocycles. The highest BCUT2D eigenvalue weighted by atomic mass is 16.2. The van der Waals surface area contributed by atoms with E-state index in [1.54, 1.807) is 6.20 Å². The Balaban J connectivity index is 2.69. The number of H-pyrrole nitrogens is 1. The summed E-state index contributed by atoms with van der Waals surface area (Å²) < 4.78 is 0. The lowest BCUT2D eigenvalue weighted by molar-refractivity contribution is 0.300.